The Morgan fingerprint density at radius 1 is 1.43 bits per heavy atom. The van der Waals surface area contributed by atoms with Crippen molar-refractivity contribution in [2.45, 2.75) is 32.2 Å². The van der Waals surface area contributed by atoms with Crippen molar-refractivity contribution in [2.75, 3.05) is 6.61 Å². The van der Waals surface area contributed by atoms with Crippen molar-refractivity contribution in [1.82, 2.24) is 4.90 Å². The normalized spacial score (nSPS) is 19.9. The van der Waals surface area contributed by atoms with E-state index >= 15 is 0 Å². The summed E-state index contributed by atoms with van der Waals surface area (Å²) >= 11 is 0. The second-order valence-corrected chi connectivity index (χ2v) is 5.19. The molecule has 1 saturated heterocycles. The SMILES string of the molecule is C#CC(=O)[C@H]1COC(C)(C)N1C(=O)OCc1ccccc1. The van der Waals surface area contributed by atoms with E-state index in [1.807, 2.05) is 36.3 Å². The van der Waals surface area contributed by atoms with Crippen molar-refractivity contribution in [3.63, 3.8) is 0 Å². The maximum atomic E-state index is 12.3. The summed E-state index contributed by atoms with van der Waals surface area (Å²) in [4.78, 5) is 25.3. The van der Waals surface area contributed by atoms with Gasteiger partial charge in [-0.25, -0.2) is 4.79 Å². The van der Waals surface area contributed by atoms with Gasteiger partial charge in [-0.1, -0.05) is 30.3 Å². The quantitative estimate of drug-likeness (QED) is 0.630. The largest absolute Gasteiger partial charge is 0.444 e. The molecule has 0 saturated carbocycles. The molecule has 0 radical (unpaired) electrons. The van der Waals surface area contributed by atoms with Gasteiger partial charge in [-0.05, 0) is 25.3 Å². The minimum absolute atomic E-state index is 0.0798. The Bertz CT molecular complexity index is 574. The number of terminal acetylenes is 1. The van der Waals surface area contributed by atoms with E-state index in [2.05, 4.69) is 0 Å². The zero-order chi connectivity index (χ0) is 15.5. The molecule has 1 aromatic carbocycles. The molecule has 0 N–H and O–H groups in total. The molecule has 0 bridgehead atoms. The van der Waals surface area contributed by atoms with Gasteiger partial charge in [-0.15, -0.1) is 6.42 Å². The second-order valence-electron chi connectivity index (χ2n) is 5.19. The Balaban J connectivity index is 2.08. The highest BCUT2D eigenvalue weighted by molar-refractivity contribution is 6.01. The van der Waals surface area contributed by atoms with Crippen molar-refractivity contribution in [3.05, 3.63) is 35.9 Å². The zero-order valence-corrected chi connectivity index (χ0v) is 12.0. The van der Waals surface area contributed by atoms with E-state index in [4.69, 9.17) is 15.9 Å². The monoisotopic (exact) mass is 287 g/mol. The fourth-order valence-corrected chi connectivity index (χ4v) is 2.23. The lowest BCUT2D eigenvalue weighted by Gasteiger charge is -2.31. The number of carbonyl (C=O) groups excluding carboxylic acids is 2. The minimum atomic E-state index is -0.926. The summed E-state index contributed by atoms with van der Waals surface area (Å²) in [6, 6.07) is 8.50. The molecule has 0 aromatic heterocycles. The van der Waals surface area contributed by atoms with Gasteiger partial charge in [0.25, 0.3) is 0 Å². The Morgan fingerprint density at radius 3 is 2.71 bits per heavy atom. The Kier molecular flexibility index (Phi) is 4.29. The Labute approximate surface area is 123 Å². The predicted octanol–water partition coefficient (Wildman–Crippen LogP) is 1.96. The highest BCUT2D eigenvalue weighted by Gasteiger charge is 2.47. The summed E-state index contributed by atoms with van der Waals surface area (Å²) in [5, 5.41) is 0. The van der Waals surface area contributed by atoms with Crippen LogP contribution in [0.3, 0.4) is 0 Å². The molecule has 1 atom stereocenters. The van der Waals surface area contributed by atoms with Gasteiger partial charge < -0.3 is 9.47 Å². The van der Waals surface area contributed by atoms with E-state index in [-0.39, 0.29) is 13.2 Å². The highest BCUT2D eigenvalue weighted by atomic mass is 16.6. The number of rotatable bonds is 3. The van der Waals surface area contributed by atoms with Gasteiger partial charge in [-0.3, -0.25) is 9.69 Å². The Hall–Kier alpha value is -2.32. The lowest BCUT2D eigenvalue weighted by atomic mass is 10.1. The van der Waals surface area contributed by atoms with Crippen LogP contribution in [0.15, 0.2) is 30.3 Å². The summed E-state index contributed by atoms with van der Waals surface area (Å²) in [6.45, 7) is 3.60. The van der Waals surface area contributed by atoms with Crippen LogP contribution in [0.4, 0.5) is 4.79 Å². The van der Waals surface area contributed by atoms with Gasteiger partial charge in [0, 0.05) is 0 Å². The number of ketones is 1. The van der Waals surface area contributed by atoms with Gasteiger partial charge in [0.1, 0.15) is 18.4 Å². The van der Waals surface area contributed by atoms with Crippen LogP contribution in [0, 0.1) is 12.3 Å². The van der Waals surface area contributed by atoms with Crippen molar-refractivity contribution in [2.24, 2.45) is 0 Å². The van der Waals surface area contributed by atoms with Crippen molar-refractivity contribution in [3.8, 4) is 12.3 Å². The standard InChI is InChI=1S/C16H17NO4/c1-4-14(18)13-11-21-16(2,3)17(13)15(19)20-10-12-8-6-5-7-9-12/h1,5-9,13H,10-11H2,2-3H3/t13-/m1/s1. The average Bonchev–Trinajstić information content (AvgIpc) is 2.80. The third-order valence-electron chi connectivity index (χ3n) is 3.33. The molecule has 5 heteroatoms. The van der Waals surface area contributed by atoms with Crippen LogP contribution in [0.5, 0.6) is 0 Å². The molecule has 1 amide bonds. The number of carbonyl (C=O) groups is 2. The van der Waals surface area contributed by atoms with Gasteiger partial charge in [-0.2, -0.15) is 0 Å². The number of nitrogens with zero attached hydrogens (tertiary/aromatic N) is 1. The summed E-state index contributed by atoms with van der Waals surface area (Å²) in [5.74, 6) is 1.55. The fraction of sp³-hybridized carbons (Fsp3) is 0.375. The molecule has 5 nitrogen and oxygen atoms in total. The van der Waals surface area contributed by atoms with Crippen LogP contribution in [-0.4, -0.2) is 35.2 Å². The number of ether oxygens (including phenoxy) is 2. The van der Waals surface area contributed by atoms with Crippen LogP contribution < -0.4 is 0 Å². The molecule has 110 valence electrons. The van der Waals surface area contributed by atoms with Gasteiger partial charge in [0.15, 0.2) is 0 Å². The van der Waals surface area contributed by atoms with Gasteiger partial charge in [0.05, 0.1) is 6.61 Å². The third kappa shape index (κ3) is 3.23. The molecule has 1 aromatic rings. The highest BCUT2D eigenvalue weighted by Crippen LogP contribution is 2.28. The molecule has 1 aliphatic rings. The molecule has 1 fully saturated rings. The van der Waals surface area contributed by atoms with Crippen LogP contribution in [-0.2, 0) is 20.9 Å². The number of amides is 1. The smallest absolute Gasteiger partial charge is 0.413 e. The van der Waals surface area contributed by atoms with Crippen LogP contribution in [0.2, 0.25) is 0 Å². The maximum absolute atomic E-state index is 12.3. The van der Waals surface area contributed by atoms with E-state index in [9.17, 15) is 9.59 Å². The van der Waals surface area contributed by atoms with Gasteiger partial charge >= 0.3 is 6.09 Å². The summed E-state index contributed by atoms with van der Waals surface area (Å²) in [7, 11) is 0. The van der Waals surface area contributed by atoms with E-state index in [1.54, 1.807) is 13.8 Å². The van der Waals surface area contributed by atoms with Crippen LogP contribution in [0.1, 0.15) is 19.4 Å². The first kappa shape index (κ1) is 15.1. The van der Waals surface area contributed by atoms with E-state index < -0.39 is 23.6 Å². The molecular formula is C16H17NO4. The first-order chi connectivity index (χ1) is 9.95. The van der Waals surface area contributed by atoms with Crippen molar-refractivity contribution >= 4 is 11.9 Å². The maximum Gasteiger partial charge on any atom is 0.413 e. The summed E-state index contributed by atoms with van der Waals surface area (Å²) < 4.78 is 10.7. The first-order valence-corrected chi connectivity index (χ1v) is 6.60. The number of hydrogen-bond acceptors (Lipinski definition) is 4. The molecule has 2 rings (SSSR count). The molecule has 21 heavy (non-hydrogen) atoms. The minimum Gasteiger partial charge on any atom is -0.444 e. The summed E-state index contributed by atoms with van der Waals surface area (Å²) in [5.41, 5.74) is -0.0612. The van der Waals surface area contributed by atoms with Crippen molar-refractivity contribution in [1.29, 1.82) is 0 Å². The third-order valence-corrected chi connectivity index (χ3v) is 3.33. The molecule has 0 unspecified atom stereocenters. The van der Waals surface area contributed by atoms with Crippen LogP contribution in [0.25, 0.3) is 0 Å². The van der Waals surface area contributed by atoms with E-state index in [0.717, 1.165) is 5.56 Å². The number of hydrogen-bond donors (Lipinski definition) is 0. The van der Waals surface area contributed by atoms with E-state index in [0.29, 0.717) is 0 Å². The molecule has 1 aliphatic heterocycles. The second kappa shape index (κ2) is 5.98. The topological polar surface area (TPSA) is 55.8 Å². The number of Topliss-reactive ketones (excluding diaryl/α,β-unsaturated/α-hetero) is 1. The molecular weight excluding hydrogens is 270 g/mol. The van der Waals surface area contributed by atoms with E-state index in [1.165, 1.54) is 4.90 Å². The van der Waals surface area contributed by atoms with Gasteiger partial charge in [0.2, 0.25) is 5.78 Å². The fourth-order valence-electron chi connectivity index (χ4n) is 2.23. The molecule has 0 spiro atoms. The van der Waals surface area contributed by atoms with Crippen molar-refractivity contribution < 1.29 is 19.1 Å². The average molecular weight is 287 g/mol. The van der Waals surface area contributed by atoms with Crippen LogP contribution >= 0.6 is 0 Å². The summed E-state index contributed by atoms with van der Waals surface area (Å²) in [6.07, 6.45) is 4.52. The lowest BCUT2D eigenvalue weighted by Crippen LogP contribution is -2.50. The predicted molar refractivity (Wildman–Crippen MR) is 76.1 cm³/mol. The molecule has 0 aliphatic carbocycles. The first-order valence-electron chi connectivity index (χ1n) is 6.60. The molecule has 1 heterocycles. The lowest BCUT2D eigenvalue weighted by molar-refractivity contribution is -0.118. The Morgan fingerprint density at radius 2 is 2.10 bits per heavy atom. The number of benzene rings is 1. The zero-order valence-electron chi connectivity index (χ0n) is 12.0.